The molecule has 1 atom stereocenters. The predicted octanol–water partition coefficient (Wildman–Crippen LogP) is 3.26. The summed E-state index contributed by atoms with van der Waals surface area (Å²) in [5.41, 5.74) is 3.62. The molecule has 1 amide bonds. The average molecular weight is 338 g/mol. The fourth-order valence-electron chi connectivity index (χ4n) is 2.68. The van der Waals surface area contributed by atoms with Crippen LogP contribution in [0.15, 0.2) is 29.3 Å². The van der Waals surface area contributed by atoms with Gasteiger partial charge in [0.2, 0.25) is 5.91 Å². The van der Waals surface area contributed by atoms with E-state index < -0.39 is 0 Å². The van der Waals surface area contributed by atoms with Crippen molar-refractivity contribution in [3.63, 3.8) is 0 Å². The highest BCUT2D eigenvalue weighted by Gasteiger charge is 2.21. The summed E-state index contributed by atoms with van der Waals surface area (Å²) < 4.78 is 0. The number of fused-ring (bicyclic) bond motifs is 1. The summed E-state index contributed by atoms with van der Waals surface area (Å²) in [5.74, 6) is 0.388. The second-order valence-corrected chi connectivity index (χ2v) is 7.16. The first-order chi connectivity index (χ1) is 11.6. The van der Waals surface area contributed by atoms with Crippen LogP contribution in [0.1, 0.15) is 35.9 Å². The molecule has 2 aromatic heterocycles. The van der Waals surface area contributed by atoms with Crippen LogP contribution in [0.5, 0.6) is 0 Å². The minimum atomic E-state index is -0.369. The zero-order chi connectivity index (χ0) is 17.1. The van der Waals surface area contributed by atoms with Gasteiger partial charge in [-0.15, -0.1) is 0 Å². The van der Waals surface area contributed by atoms with Gasteiger partial charge in [-0.1, -0.05) is 17.8 Å². The smallest absolute Gasteiger partial charge is 0.238 e. The zero-order valence-corrected chi connectivity index (χ0v) is 14.5. The van der Waals surface area contributed by atoms with E-state index in [2.05, 4.69) is 21.4 Å². The molecule has 0 aliphatic heterocycles. The van der Waals surface area contributed by atoms with E-state index >= 15 is 0 Å². The summed E-state index contributed by atoms with van der Waals surface area (Å²) >= 11 is 1.32. The minimum absolute atomic E-state index is 0.149. The lowest BCUT2D eigenvalue weighted by atomic mass is 10.2. The van der Waals surface area contributed by atoms with Crippen LogP contribution >= 0.6 is 11.8 Å². The summed E-state index contributed by atoms with van der Waals surface area (Å²) in [7, 11) is 0. The summed E-state index contributed by atoms with van der Waals surface area (Å²) in [4.78, 5) is 21.3. The average Bonchev–Trinajstić information content (AvgIpc) is 3.01. The van der Waals surface area contributed by atoms with Gasteiger partial charge in [-0.3, -0.25) is 4.79 Å². The number of thioether (sulfide) groups is 1. The molecule has 0 fully saturated rings. The van der Waals surface area contributed by atoms with Crippen molar-refractivity contribution in [2.45, 2.75) is 43.4 Å². The number of rotatable bonds is 4. The Morgan fingerprint density at radius 1 is 1.38 bits per heavy atom. The van der Waals surface area contributed by atoms with E-state index in [1.807, 2.05) is 32.0 Å². The lowest BCUT2D eigenvalue weighted by molar-refractivity contribution is -0.115. The number of aromatic nitrogens is 2. The Bertz CT molecular complexity index is 828. The molecule has 1 N–H and O–H groups in total. The topological polar surface area (TPSA) is 78.7 Å². The summed E-state index contributed by atoms with van der Waals surface area (Å²) in [5, 5.41) is 12.4. The molecule has 1 aliphatic carbocycles. The number of hydrogen-bond donors (Lipinski definition) is 1. The third-order valence-electron chi connectivity index (χ3n) is 3.93. The first kappa shape index (κ1) is 16.5. The molecular formula is C18H18N4OS. The molecule has 0 bridgehead atoms. The quantitative estimate of drug-likeness (QED) is 0.866. The second-order valence-electron chi connectivity index (χ2n) is 5.83. The van der Waals surface area contributed by atoms with Gasteiger partial charge in [0, 0.05) is 11.4 Å². The normalized spacial score (nSPS) is 13.9. The van der Waals surface area contributed by atoms with Crippen molar-refractivity contribution in [3.05, 3.63) is 46.8 Å². The van der Waals surface area contributed by atoms with Crippen molar-refractivity contribution < 1.29 is 4.79 Å². The number of pyridine rings is 2. The lowest BCUT2D eigenvalue weighted by Gasteiger charge is -2.13. The van der Waals surface area contributed by atoms with Gasteiger partial charge >= 0.3 is 0 Å². The van der Waals surface area contributed by atoms with Crippen LogP contribution in [0.25, 0.3) is 0 Å². The third kappa shape index (κ3) is 3.57. The Balaban J connectivity index is 1.73. The number of hydrogen-bond acceptors (Lipinski definition) is 5. The molecule has 0 spiro atoms. The number of aryl methyl sites for hydroxylation is 3. The van der Waals surface area contributed by atoms with Crippen LogP contribution in [0.3, 0.4) is 0 Å². The van der Waals surface area contributed by atoms with Crippen LogP contribution in [-0.2, 0) is 17.6 Å². The van der Waals surface area contributed by atoms with Crippen molar-refractivity contribution in [2.24, 2.45) is 0 Å². The Hall–Kier alpha value is -2.39. The number of anilines is 1. The predicted molar refractivity (Wildman–Crippen MR) is 93.9 cm³/mol. The van der Waals surface area contributed by atoms with Gasteiger partial charge in [0.1, 0.15) is 16.9 Å². The Labute approximate surface area is 145 Å². The van der Waals surface area contributed by atoms with Crippen molar-refractivity contribution in [3.8, 4) is 6.07 Å². The number of nitriles is 1. The van der Waals surface area contributed by atoms with Crippen LogP contribution in [0.4, 0.5) is 5.82 Å². The number of nitrogens with one attached hydrogen (secondary N) is 1. The van der Waals surface area contributed by atoms with Gasteiger partial charge in [-0.25, -0.2) is 9.97 Å². The Kier molecular flexibility index (Phi) is 4.81. The largest absolute Gasteiger partial charge is 0.310 e. The number of carbonyl (C=O) groups is 1. The van der Waals surface area contributed by atoms with E-state index in [1.165, 1.54) is 11.8 Å². The Morgan fingerprint density at radius 2 is 2.21 bits per heavy atom. The van der Waals surface area contributed by atoms with Gasteiger partial charge in [-0.05, 0) is 56.9 Å². The van der Waals surface area contributed by atoms with Crippen LogP contribution < -0.4 is 5.32 Å². The molecule has 0 radical (unpaired) electrons. The molecular weight excluding hydrogens is 320 g/mol. The maximum absolute atomic E-state index is 12.4. The van der Waals surface area contributed by atoms with Gasteiger partial charge in [0.25, 0.3) is 0 Å². The standard InChI is InChI=1S/C18H18N4OS/c1-11-5-3-8-16(20-11)22-17(23)12(2)24-18-14(10-19)9-13-6-4-7-15(13)21-18/h3,5,8-9,12H,4,6-7H2,1-2H3,(H,20,22,23). The first-order valence-electron chi connectivity index (χ1n) is 7.91. The van der Waals surface area contributed by atoms with Crippen LogP contribution in [0, 0.1) is 18.3 Å². The van der Waals surface area contributed by atoms with Gasteiger partial charge < -0.3 is 5.32 Å². The molecule has 2 aromatic rings. The summed E-state index contributed by atoms with van der Waals surface area (Å²) in [6, 6.07) is 9.61. The molecule has 6 heteroatoms. The fraction of sp³-hybridized carbons (Fsp3) is 0.333. The maximum atomic E-state index is 12.4. The van der Waals surface area contributed by atoms with Crippen molar-refractivity contribution in [2.75, 3.05) is 5.32 Å². The van der Waals surface area contributed by atoms with Crippen LogP contribution in [0.2, 0.25) is 0 Å². The molecule has 3 rings (SSSR count). The van der Waals surface area contributed by atoms with Gasteiger partial charge in [0.05, 0.1) is 10.8 Å². The first-order valence-corrected chi connectivity index (χ1v) is 8.79. The number of carbonyl (C=O) groups excluding carboxylic acids is 1. The number of nitrogens with zero attached hydrogens (tertiary/aromatic N) is 3. The van der Waals surface area contributed by atoms with E-state index in [0.717, 1.165) is 36.2 Å². The number of amides is 1. The van der Waals surface area contributed by atoms with E-state index in [9.17, 15) is 10.1 Å². The van der Waals surface area contributed by atoms with E-state index in [0.29, 0.717) is 16.4 Å². The molecule has 24 heavy (non-hydrogen) atoms. The van der Waals surface area contributed by atoms with Crippen molar-refractivity contribution in [1.82, 2.24) is 9.97 Å². The highest BCUT2D eigenvalue weighted by molar-refractivity contribution is 8.00. The van der Waals surface area contributed by atoms with Crippen molar-refractivity contribution in [1.29, 1.82) is 5.26 Å². The molecule has 0 saturated carbocycles. The molecule has 0 saturated heterocycles. The third-order valence-corrected chi connectivity index (χ3v) is 5.04. The SMILES string of the molecule is Cc1cccc(NC(=O)C(C)Sc2nc3c(cc2C#N)CCC3)n1. The van der Waals surface area contributed by atoms with Gasteiger partial charge in [-0.2, -0.15) is 5.26 Å². The molecule has 5 nitrogen and oxygen atoms in total. The molecule has 0 aromatic carbocycles. The highest BCUT2D eigenvalue weighted by Crippen LogP contribution is 2.30. The van der Waals surface area contributed by atoms with Crippen LogP contribution in [-0.4, -0.2) is 21.1 Å². The van der Waals surface area contributed by atoms with Gasteiger partial charge in [0.15, 0.2) is 0 Å². The molecule has 122 valence electrons. The molecule has 1 aliphatic rings. The van der Waals surface area contributed by atoms with E-state index in [1.54, 1.807) is 6.07 Å². The maximum Gasteiger partial charge on any atom is 0.238 e. The fourth-order valence-corrected chi connectivity index (χ4v) is 3.58. The Morgan fingerprint density at radius 3 is 2.96 bits per heavy atom. The zero-order valence-electron chi connectivity index (χ0n) is 13.7. The second kappa shape index (κ2) is 7.02. The van der Waals surface area contributed by atoms with Crippen molar-refractivity contribution >= 4 is 23.5 Å². The summed E-state index contributed by atoms with van der Waals surface area (Å²) in [6.07, 6.45) is 3.01. The monoisotopic (exact) mass is 338 g/mol. The van der Waals surface area contributed by atoms with E-state index in [4.69, 9.17) is 0 Å². The van der Waals surface area contributed by atoms with E-state index in [-0.39, 0.29) is 11.2 Å². The minimum Gasteiger partial charge on any atom is -0.310 e. The molecule has 1 unspecified atom stereocenters. The highest BCUT2D eigenvalue weighted by atomic mass is 32.2. The summed E-state index contributed by atoms with van der Waals surface area (Å²) in [6.45, 7) is 3.69. The molecule has 2 heterocycles. The lowest BCUT2D eigenvalue weighted by Crippen LogP contribution is -2.23.